The Bertz CT molecular complexity index is 1910. The number of aliphatic imine (C=N–C) groups is 2. The van der Waals surface area contributed by atoms with Crippen LogP contribution >= 0.6 is 0 Å². The van der Waals surface area contributed by atoms with Crippen LogP contribution in [-0.2, 0) is 41.6 Å². The van der Waals surface area contributed by atoms with E-state index in [4.69, 9.17) is 28.7 Å². The Morgan fingerprint density at radius 1 is 0.627 bits per heavy atom. The van der Waals surface area contributed by atoms with Crippen LogP contribution in [0.15, 0.2) is 70.8 Å². The number of nitrogens with two attached hydrogens (primary N) is 5. The summed E-state index contributed by atoms with van der Waals surface area (Å²) in [5.74, 6) is -4.13. The van der Waals surface area contributed by atoms with Gasteiger partial charge in [-0.2, -0.15) is 0 Å². The van der Waals surface area contributed by atoms with Crippen LogP contribution in [-0.4, -0.2) is 96.1 Å². The van der Waals surface area contributed by atoms with Gasteiger partial charge in [0.1, 0.15) is 24.2 Å². The molecule has 0 saturated carbocycles. The first kappa shape index (κ1) is 46.7. The van der Waals surface area contributed by atoms with E-state index in [9.17, 15) is 28.8 Å². The lowest BCUT2D eigenvalue weighted by Crippen LogP contribution is -2.58. The number of para-hydroxylation sites is 1. The fraction of sp³-hybridized carbons (Fsp3) is 0.450. The molecule has 4 atom stereocenters. The second-order valence-electron chi connectivity index (χ2n) is 14.1. The van der Waals surface area contributed by atoms with Crippen molar-refractivity contribution in [1.82, 2.24) is 31.6 Å². The minimum atomic E-state index is -1.25. The normalized spacial score (nSPS) is 12.8. The van der Waals surface area contributed by atoms with Crippen LogP contribution in [0.25, 0.3) is 10.9 Å². The molecule has 0 unspecified atom stereocenters. The lowest BCUT2D eigenvalue weighted by molar-refractivity contribution is -0.134. The number of fused-ring (bicyclic) bond motifs is 1. The number of hydrogen-bond acceptors (Lipinski definition) is 8. The van der Waals surface area contributed by atoms with E-state index in [0.717, 1.165) is 34.9 Å². The number of H-pyrrole nitrogens is 1. The average molecular weight is 818 g/mol. The van der Waals surface area contributed by atoms with Gasteiger partial charge in [-0.1, -0.05) is 68.3 Å². The number of benzene rings is 2. The van der Waals surface area contributed by atoms with Gasteiger partial charge in [0.25, 0.3) is 0 Å². The molecular formula is C40H59N13O6. The van der Waals surface area contributed by atoms with Crippen molar-refractivity contribution in [3.05, 3.63) is 71.9 Å². The maximum atomic E-state index is 14.2. The molecule has 3 rings (SSSR count). The molecule has 0 saturated heterocycles. The highest BCUT2D eigenvalue weighted by Gasteiger charge is 2.31. The first-order valence-electron chi connectivity index (χ1n) is 19.7. The topological polar surface area (TPSA) is 333 Å². The lowest BCUT2D eigenvalue weighted by atomic mass is 10.0. The molecule has 19 heteroatoms. The molecule has 3 aromatic rings. The quantitative estimate of drug-likeness (QED) is 0.0272. The third-order valence-corrected chi connectivity index (χ3v) is 9.30. The van der Waals surface area contributed by atoms with Gasteiger partial charge in [0.15, 0.2) is 11.9 Å². The smallest absolute Gasteiger partial charge is 0.243 e. The van der Waals surface area contributed by atoms with E-state index >= 15 is 0 Å². The van der Waals surface area contributed by atoms with Gasteiger partial charge in [-0.3, -0.25) is 38.8 Å². The van der Waals surface area contributed by atoms with Crippen LogP contribution in [0.2, 0.25) is 0 Å². The monoisotopic (exact) mass is 817 g/mol. The Labute approximate surface area is 343 Å². The van der Waals surface area contributed by atoms with E-state index in [2.05, 4.69) is 41.6 Å². The van der Waals surface area contributed by atoms with Crippen molar-refractivity contribution < 1.29 is 28.8 Å². The molecular weight excluding hydrogens is 759 g/mol. The lowest BCUT2D eigenvalue weighted by Gasteiger charge is -2.26. The van der Waals surface area contributed by atoms with E-state index < -0.39 is 53.7 Å². The van der Waals surface area contributed by atoms with E-state index in [1.54, 1.807) is 30.5 Å². The molecule has 320 valence electrons. The molecule has 0 spiro atoms. The predicted octanol–water partition coefficient (Wildman–Crippen LogP) is -0.819. The fourth-order valence-electron chi connectivity index (χ4n) is 6.21. The van der Waals surface area contributed by atoms with Gasteiger partial charge >= 0.3 is 0 Å². The molecule has 0 fully saturated rings. The summed E-state index contributed by atoms with van der Waals surface area (Å²) in [6, 6.07) is 11.6. The molecule has 6 amide bonds. The number of nitrogens with one attached hydrogen (secondary N) is 6. The maximum Gasteiger partial charge on any atom is 0.243 e. The molecule has 16 N–H and O–H groups in total. The SMILES string of the molecule is CCCCCC(=O)NCC(=O)N[C@@H](Cc1c[nH]c2ccccc12)C(=O)N[C@@H](CCCN=C(N)N)C(=O)N[C@@H](CCCN=C(N)N)C(=O)N[C@@H](Cc1ccccc1)C(N)=O. The molecule has 0 radical (unpaired) electrons. The third kappa shape index (κ3) is 17.2. The van der Waals surface area contributed by atoms with E-state index in [1.807, 2.05) is 37.3 Å². The van der Waals surface area contributed by atoms with Crippen molar-refractivity contribution in [2.45, 2.75) is 95.3 Å². The standard InChI is InChI=1S/C40H59N13O6/c1-2-3-5-18-33(54)49-24-34(55)50-32(22-26-23-48-28-15-9-8-14-27(26)28)38(59)52-29(16-10-19-46-39(42)43)36(57)51-30(17-11-20-47-40(44)45)37(58)53-31(35(41)56)21-25-12-6-4-7-13-25/h4,6-9,12-15,23,29-32,48H,2-3,5,10-11,16-22,24H2,1H3,(H2,41,56)(H,49,54)(H,50,55)(H,51,57)(H,52,59)(H,53,58)(H4,42,43,46)(H4,44,45,47)/t29-,30-,31-,32-/m0/s1. The Morgan fingerprint density at radius 3 is 1.76 bits per heavy atom. The Morgan fingerprint density at radius 2 is 1.19 bits per heavy atom. The van der Waals surface area contributed by atoms with Gasteiger partial charge < -0.3 is 60.2 Å². The number of amides is 6. The number of rotatable bonds is 26. The number of aromatic nitrogens is 1. The number of nitrogens with zero attached hydrogens (tertiary/aromatic N) is 2. The van der Waals surface area contributed by atoms with Crippen LogP contribution in [0.4, 0.5) is 0 Å². The highest BCUT2D eigenvalue weighted by atomic mass is 16.2. The van der Waals surface area contributed by atoms with Crippen molar-refractivity contribution in [2.75, 3.05) is 19.6 Å². The molecule has 2 aromatic carbocycles. The zero-order chi connectivity index (χ0) is 43.2. The Balaban J connectivity index is 1.87. The summed E-state index contributed by atoms with van der Waals surface area (Å²) in [5, 5.41) is 14.3. The summed E-state index contributed by atoms with van der Waals surface area (Å²) in [4.78, 5) is 91.1. The van der Waals surface area contributed by atoms with Crippen LogP contribution < -0.4 is 55.3 Å². The van der Waals surface area contributed by atoms with E-state index in [1.165, 1.54) is 0 Å². The molecule has 0 aliphatic rings. The van der Waals surface area contributed by atoms with Gasteiger partial charge in [-0.05, 0) is 49.3 Å². The van der Waals surface area contributed by atoms with Crippen LogP contribution in [0.5, 0.6) is 0 Å². The molecule has 1 heterocycles. The molecule has 0 bridgehead atoms. The summed E-state index contributed by atoms with van der Waals surface area (Å²) in [6.45, 7) is 1.91. The summed E-state index contributed by atoms with van der Waals surface area (Å²) >= 11 is 0. The van der Waals surface area contributed by atoms with Gasteiger partial charge in [-0.25, -0.2) is 0 Å². The van der Waals surface area contributed by atoms with Crippen LogP contribution in [0, 0.1) is 0 Å². The van der Waals surface area contributed by atoms with Crippen molar-refractivity contribution in [1.29, 1.82) is 0 Å². The molecule has 0 aliphatic heterocycles. The summed E-state index contributed by atoms with van der Waals surface area (Å²) in [5.41, 5.74) is 29.9. The maximum absolute atomic E-state index is 14.2. The highest BCUT2D eigenvalue weighted by molar-refractivity contribution is 5.96. The Kier molecular flexibility index (Phi) is 19.7. The number of primary amides is 1. The zero-order valence-corrected chi connectivity index (χ0v) is 33.5. The minimum Gasteiger partial charge on any atom is -0.370 e. The number of unbranched alkanes of at least 4 members (excludes halogenated alkanes) is 2. The summed E-state index contributed by atoms with van der Waals surface area (Å²) < 4.78 is 0. The molecule has 0 aliphatic carbocycles. The second-order valence-corrected chi connectivity index (χ2v) is 14.1. The van der Waals surface area contributed by atoms with E-state index in [0.29, 0.717) is 6.42 Å². The first-order chi connectivity index (χ1) is 28.3. The number of aromatic amines is 1. The number of carbonyl (C=O) groups excluding carboxylic acids is 6. The Hall–Kier alpha value is -6.66. The van der Waals surface area contributed by atoms with Crippen molar-refractivity contribution >= 4 is 58.3 Å². The minimum absolute atomic E-state index is 0.0240. The summed E-state index contributed by atoms with van der Waals surface area (Å²) in [6.07, 6.45) is 5.18. The largest absolute Gasteiger partial charge is 0.370 e. The third-order valence-electron chi connectivity index (χ3n) is 9.30. The second kappa shape index (κ2) is 24.9. The van der Waals surface area contributed by atoms with Gasteiger partial charge in [0, 0.05) is 49.5 Å². The van der Waals surface area contributed by atoms with Crippen molar-refractivity contribution in [3.63, 3.8) is 0 Å². The molecule has 19 nitrogen and oxygen atoms in total. The van der Waals surface area contributed by atoms with Gasteiger partial charge in [-0.15, -0.1) is 0 Å². The zero-order valence-electron chi connectivity index (χ0n) is 33.5. The average Bonchev–Trinajstić information content (AvgIpc) is 3.61. The van der Waals surface area contributed by atoms with Crippen molar-refractivity contribution in [3.8, 4) is 0 Å². The van der Waals surface area contributed by atoms with Crippen molar-refractivity contribution in [2.24, 2.45) is 38.7 Å². The van der Waals surface area contributed by atoms with Gasteiger partial charge in [0.2, 0.25) is 35.4 Å². The molecule has 1 aromatic heterocycles. The van der Waals surface area contributed by atoms with Gasteiger partial charge in [0.05, 0.1) is 6.54 Å². The number of carbonyl (C=O) groups is 6. The fourth-order valence-corrected chi connectivity index (χ4v) is 6.21. The molecule has 59 heavy (non-hydrogen) atoms. The number of hydrogen-bond donors (Lipinski definition) is 11. The summed E-state index contributed by atoms with van der Waals surface area (Å²) in [7, 11) is 0. The first-order valence-corrected chi connectivity index (χ1v) is 19.7. The highest BCUT2D eigenvalue weighted by Crippen LogP contribution is 2.19. The van der Waals surface area contributed by atoms with E-state index in [-0.39, 0.29) is 82.4 Å². The number of guanidine groups is 2. The van der Waals surface area contributed by atoms with Crippen LogP contribution in [0.1, 0.15) is 69.4 Å². The predicted molar refractivity (Wildman–Crippen MR) is 226 cm³/mol. The van der Waals surface area contributed by atoms with Crippen LogP contribution in [0.3, 0.4) is 0 Å².